The van der Waals surface area contributed by atoms with Gasteiger partial charge in [0.2, 0.25) is 0 Å². The van der Waals surface area contributed by atoms with E-state index in [2.05, 4.69) is 52.0 Å². The molecule has 2 heterocycles. The summed E-state index contributed by atoms with van der Waals surface area (Å²) in [6, 6.07) is 10.5. The fourth-order valence-corrected chi connectivity index (χ4v) is 2.82. The highest BCUT2D eigenvalue weighted by Crippen LogP contribution is 2.09. The van der Waals surface area contributed by atoms with Crippen LogP contribution in [0.25, 0.3) is 0 Å². The number of hydrogen-bond donors (Lipinski definition) is 2. The van der Waals surface area contributed by atoms with Crippen molar-refractivity contribution in [1.82, 2.24) is 24.9 Å². The first-order valence-corrected chi connectivity index (χ1v) is 9.12. The summed E-state index contributed by atoms with van der Waals surface area (Å²) in [7, 11) is 0. The topological polar surface area (TPSA) is 59.7 Å². The maximum absolute atomic E-state index is 5.34. The Balaban J connectivity index is 1.40. The maximum atomic E-state index is 5.34. The second kappa shape index (κ2) is 8.62. The summed E-state index contributed by atoms with van der Waals surface area (Å²) in [6.45, 7) is 6.49. The third kappa shape index (κ3) is 5.42. The van der Waals surface area contributed by atoms with Gasteiger partial charge in [0, 0.05) is 25.5 Å². The average Bonchev–Trinajstić information content (AvgIpc) is 3.23. The molecule has 0 amide bonds. The van der Waals surface area contributed by atoms with Crippen LogP contribution in [0.2, 0.25) is 0 Å². The lowest BCUT2D eigenvalue weighted by Crippen LogP contribution is -2.29. The van der Waals surface area contributed by atoms with Crippen LogP contribution in [0.5, 0.6) is 0 Å². The molecule has 26 heavy (non-hydrogen) atoms. The van der Waals surface area contributed by atoms with Crippen LogP contribution in [0.1, 0.15) is 23.2 Å². The van der Waals surface area contributed by atoms with Gasteiger partial charge in [0.1, 0.15) is 0 Å². The molecule has 0 aliphatic rings. The van der Waals surface area contributed by atoms with Gasteiger partial charge in [-0.3, -0.25) is 9.36 Å². The van der Waals surface area contributed by atoms with Crippen molar-refractivity contribution in [2.24, 2.45) is 0 Å². The molecule has 136 valence electrons. The Labute approximate surface area is 159 Å². The van der Waals surface area contributed by atoms with E-state index in [0.29, 0.717) is 5.11 Å². The van der Waals surface area contributed by atoms with Gasteiger partial charge in [-0.15, -0.1) is 0 Å². The third-order valence-electron chi connectivity index (χ3n) is 3.98. The van der Waals surface area contributed by atoms with Crippen molar-refractivity contribution in [3.63, 3.8) is 0 Å². The maximum Gasteiger partial charge on any atom is 0.170 e. The molecule has 7 heteroatoms. The fourth-order valence-electron chi connectivity index (χ4n) is 2.60. The van der Waals surface area contributed by atoms with E-state index in [0.717, 1.165) is 37.4 Å². The zero-order valence-electron chi connectivity index (χ0n) is 15.1. The molecule has 0 aliphatic carbocycles. The van der Waals surface area contributed by atoms with E-state index in [1.807, 2.05) is 34.7 Å². The number of benzene rings is 1. The molecule has 0 atom stereocenters. The number of rotatable bonds is 7. The van der Waals surface area contributed by atoms with E-state index in [1.54, 1.807) is 6.20 Å². The number of nitrogens with one attached hydrogen (secondary N) is 2. The van der Waals surface area contributed by atoms with Gasteiger partial charge in [0.15, 0.2) is 5.11 Å². The SMILES string of the molecule is Cc1ccc(Cn2cc(NC(=S)NCCCn3ccc(C)n3)cn2)cc1. The Hall–Kier alpha value is -2.67. The predicted molar refractivity (Wildman–Crippen MR) is 108 cm³/mol. The van der Waals surface area contributed by atoms with Crippen molar-refractivity contribution in [2.75, 3.05) is 11.9 Å². The number of aryl methyl sites for hydroxylation is 3. The highest BCUT2D eigenvalue weighted by molar-refractivity contribution is 7.80. The van der Waals surface area contributed by atoms with Crippen molar-refractivity contribution in [3.8, 4) is 0 Å². The Morgan fingerprint density at radius 2 is 1.92 bits per heavy atom. The largest absolute Gasteiger partial charge is 0.362 e. The summed E-state index contributed by atoms with van der Waals surface area (Å²) in [4.78, 5) is 0. The molecule has 2 aromatic heterocycles. The molecule has 0 radical (unpaired) electrons. The van der Waals surface area contributed by atoms with Gasteiger partial charge in [-0.2, -0.15) is 10.2 Å². The molecule has 3 aromatic rings. The van der Waals surface area contributed by atoms with Gasteiger partial charge in [-0.05, 0) is 44.1 Å². The van der Waals surface area contributed by atoms with Crippen LogP contribution >= 0.6 is 12.2 Å². The third-order valence-corrected chi connectivity index (χ3v) is 4.23. The van der Waals surface area contributed by atoms with Crippen molar-refractivity contribution < 1.29 is 0 Å². The van der Waals surface area contributed by atoms with Crippen LogP contribution in [0, 0.1) is 13.8 Å². The van der Waals surface area contributed by atoms with Crippen LogP contribution in [0.4, 0.5) is 5.69 Å². The second-order valence-electron chi connectivity index (χ2n) is 6.37. The highest BCUT2D eigenvalue weighted by atomic mass is 32.1. The highest BCUT2D eigenvalue weighted by Gasteiger charge is 2.02. The molecule has 0 saturated heterocycles. The molecule has 0 unspecified atom stereocenters. The number of aromatic nitrogens is 4. The zero-order valence-corrected chi connectivity index (χ0v) is 16.0. The van der Waals surface area contributed by atoms with Crippen LogP contribution < -0.4 is 10.6 Å². The normalized spacial score (nSPS) is 10.7. The predicted octanol–water partition coefficient (Wildman–Crippen LogP) is 3.12. The first-order valence-electron chi connectivity index (χ1n) is 8.71. The molecule has 0 spiro atoms. The second-order valence-corrected chi connectivity index (χ2v) is 6.78. The molecular formula is C19H24N6S. The Morgan fingerprint density at radius 1 is 1.12 bits per heavy atom. The minimum Gasteiger partial charge on any atom is -0.362 e. The van der Waals surface area contributed by atoms with E-state index in [4.69, 9.17) is 12.2 Å². The van der Waals surface area contributed by atoms with Crippen LogP contribution in [-0.4, -0.2) is 31.2 Å². The van der Waals surface area contributed by atoms with Crippen molar-refractivity contribution in [1.29, 1.82) is 0 Å². The van der Waals surface area contributed by atoms with Crippen LogP contribution in [0.3, 0.4) is 0 Å². The molecule has 0 saturated carbocycles. The lowest BCUT2D eigenvalue weighted by atomic mass is 10.1. The van der Waals surface area contributed by atoms with Gasteiger partial charge in [-0.25, -0.2) is 0 Å². The number of anilines is 1. The Morgan fingerprint density at radius 3 is 2.65 bits per heavy atom. The summed E-state index contributed by atoms with van der Waals surface area (Å²) in [5.74, 6) is 0. The number of hydrogen-bond acceptors (Lipinski definition) is 3. The summed E-state index contributed by atoms with van der Waals surface area (Å²) in [5.41, 5.74) is 4.41. The van der Waals surface area contributed by atoms with Crippen molar-refractivity contribution in [3.05, 3.63) is 65.7 Å². The average molecular weight is 369 g/mol. The molecular weight excluding hydrogens is 344 g/mol. The molecule has 0 aliphatic heterocycles. The smallest absolute Gasteiger partial charge is 0.170 e. The van der Waals surface area contributed by atoms with E-state index >= 15 is 0 Å². The number of thiocarbonyl (C=S) groups is 1. The molecule has 2 N–H and O–H groups in total. The fraction of sp³-hybridized carbons (Fsp3) is 0.316. The molecule has 1 aromatic carbocycles. The summed E-state index contributed by atoms with van der Waals surface area (Å²) in [6.07, 6.45) is 6.69. The first-order chi connectivity index (χ1) is 12.6. The van der Waals surface area contributed by atoms with Crippen LogP contribution in [0.15, 0.2) is 48.9 Å². The molecule has 6 nitrogen and oxygen atoms in total. The van der Waals surface area contributed by atoms with Gasteiger partial charge in [-0.1, -0.05) is 29.8 Å². The lowest BCUT2D eigenvalue weighted by molar-refractivity contribution is 0.570. The Kier molecular flexibility index (Phi) is 6.01. The summed E-state index contributed by atoms with van der Waals surface area (Å²) < 4.78 is 3.85. The molecule has 0 bridgehead atoms. The minimum absolute atomic E-state index is 0.608. The molecule has 0 fully saturated rings. The van der Waals surface area contributed by atoms with Gasteiger partial charge in [0.25, 0.3) is 0 Å². The van der Waals surface area contributed by atoms with E-state index < -0.39 is 0 Å². The number of nitrogens with zero attached hydrogens (tertiary/aromatic N) is 4. The Bertz CT molecular complexity index is 849. The quantitative estimate of drug-likeness (QED) is 0.496. The monoisotopic (exact) mass is 368 g/mol. The van der Waals surface area contributed by atoms with Gasteiger partial charge < -0.3 is 10.6 Å². The van der Waals surface area contributed by atoms with E-state index in [-0.39, 0.29) is 0 Å². The first kappa shape index (κ1) is 18.1. The van der Waals surface area contributed by atoms with E-state index in [9.17, 15) is 0 Å². The summed E-state index contributed by atoms with van der Waals surface area (Å²) >= 11 is 5.34. The van der Waals surface area contributed by atoms with Crippen LogP contribution in [-0.2, 0) is 13.1 Å². The summed E-state index contributed by atoms with van der Waals surface area (Å²) in [5, 5.41) is 15.7. The van der Waals surface area contributed by atoms with Gasteiger partial charge in [0.05, 0.1) is 24.1 Å². The van der Waals surface area contributed by atoms with E-state index in [1.165, 1.54) is 11.1 Å². The minimum atomic E-state index is 0.608. The zero-order chi connectivity index (χ0) is 18.4. The lowest BCUT2D eigenvalue weighted by Gasteiger charge is -2.09. The van der Waals surface area contributed by atoms with Crippen molar-refractivity contribution in [2.45, 2.75) is 33.4 Å². The standard InChI is InChI=1S/C19H24N6S/c1-15-4-6-17(7-5-15)13-25-14-18(12-21-25)22-19(26)20-9-3-10-24-11-8-16(2)23-24/h4-8,11-12,14H,3,9-10,13H2,1-2H3,(H2,20,22,26). The van der Waals surface area contributed by atoms with Crippen molar-refractivity contribution >= 4 is 23.0 Å². The van der Waals surface area contributed by atoms with Gasteiger partial charge >= 0.3 is 0 Å². The molecule has 3 rings (SSSR count).